The number of benzene rings is 2. The third-order valence-corrected chi connectivity index (χ3v) is 4.65. The number of ether oxygens (including phenoxy) is 1. The number of amides is 3. The SMILES string of the molecule is Cc1ccc(Cl)c(Oc2ccc(NC(=O)NC(=O)c3c(Cl)cccc3Cl)cn2)c1. The Kier molecular flexibility index (Phi) is 6.59. The normalized spacial score (nSPS) is 10.3. The summed E-state index contributed by atoms with van der Waals surface area (Å²) in [5.74, 6) is 0.0438. The molecule has 6 nitrogen and oxygen atoms in total. The molecule has 2 N–H and O–H groups in total. The predicted molar refractivity (Wildman–Crippen MR) is 113 cm³/mol. The van der Waals surface area contributed by atoms with Crippen molar-refractivity contribution in [1.82, 2.24) is 10.3 Å². The molecule has 3 rings (SSSR count). The van der Waals surface area contributed by atoms with E-state index in [0.29, 0.717) is 22.3 Å². The lowest BCUT2D eigenvalue weighted by Crippen LogP contribution is -2.34. The van der Waals surface area contributed by atoms with Gasteiger partial charge in [0.15, 0.2) is 0 Å². The number of carbonyl (C=O) groups excluding carboxylic acids is 2. The van der Waals surface area contributed by atoms with Crippen molar-refractivity contribution in [3.63, 3.8) is 0 Å². The van der Waals surface area contributed by atoms with Gasteiger partial charge < -0.3 is 10.1 Å². The van der Waals surface area contributed by atoms with E-state index in [9.17, 15) is 9.59 Å². The Morgan fingerprint density at radius 2 is 1.69 bits per heavy atom. The highest BCUT2D eigenvalue weighted by atomic mass is 35.5. The number of hydrogen-bond acceptors (Lipinski definition) is 4. The Labute approximate surface area is 181 Å². The zero-order valence-electron chi connectivity index (χ0n) is 15.0. The summed E-state index contributed by atoms with van der Waals surface area (Å²) < 4.78 is 5.64. The first-order valence-electron chi connectivity index (χ1n) is 8.30. The molecule has 0 atom stereocenters. The average Bonchev–Trinajstić information content (AvgIpc) is 2.66. The summed E-state index contributed by atoms with van der Waals surface area (Å²) in [7, 11) is 0. The lowest BCUT2D eigenvalue weighted by atomic mass is 10.2. The Balaban J connectivity index is 1.63. The van der Waals surface area contributed by atoms with Crippen molar-refractivity contribution in [2.75, 3.05) is 5.32 Å². The number of aryl methyl sites for hydroxylation is 1. The van der Waals surface area contributed by atoms with Gasteiger partial charge in [-0.15, -0.1) is 0 Å². The average molecular weight is 451 g/mol. The number of hydrogen-bond donors (Lipinski definition) is 2. The molecule has 1 aromatic heterocycles. The van der Waals surface area contributed by atoms with Crippen LogP contribution in [0.3, 0.4) is 0 Å². The van der Waals surface area contributed by atoms with Crippen LogP contribution in [-0.2, 0) is 0 Å². The molecule has 29 heavy (non-hydrogen) atoms. The molecule has 0 aliphatic carbocycles. The van der Waals surface area contributed by atoms with Crippen molar-refractivity contribution in [3.05, 3.63) is 80.9 Å². The summed E-state index contributed by atoms with van der Waals surface area (Å²) in [6.45, 7) is 1.92. The summed E-state index contributed by atoms with van der Waals surface area (Å²) >= 11 is 18.0. The maximum Gasteiger partial charge on any atom is 0.326 e. The molecule has 9 heteroatoms. The zero-order chi connectivity index (χ0) is 21.0. The van der Waals surface area contributed by atoms with Gasteiger partial charge in [0, 0.05) is 6.07 Å². The molecule has 0 bridgehead atoms. The van der Waals surface area contributed by atoms with Crippen LogP contribution in [0, 0.1) is 6.92 Å². The number of rotatable bonds is 4. The standard InChI is InChI=1S/C20H14Cl3N3O3/c1-11-5-7-13(21)16(9-11)29-17-8-6-12(10-24-17)25-20(28)26-19(27)18-14(22)3-2-4-15(18)23/h2-10H,1H3,(H2,25,26,27,28). The third kappa shape index (κ3) is 5.38. The van der Waals surface area contributed by atoms with Crippen molar-refractivity contribution in [2.24, 2.45) is 0 Å². The number of imide groups is 1. The Morgan fingerprint density at radius 3 is 2.34 bits per heavy atom. The summed E-state index contributed by atoms with van der Waals surface area (Å²) in [6.07, 6.45) is 1.38. The molecular formula is C20H14Cl3N3O3. The van der Waals surface area contributed by atoms with Gasteiger partial charge in [0.2, 0.25) is 5.88 Å². The first-order chi connectivity index (χ1) is 13.8. The fourth-order valence-corrected chi connectivity index (χ4v) is 3.08. The van der Waals surface area contributed by atoms with Crippen LogP contribution < -0.4 is 15.4 Å². The molecule has 0 radical (unpaired) electrons. The van der Waals surface area contributed by atoms with E-state index in [4.69, 9.17) is 39.5 Å². The van der Waals surface area contributed by atoms with Gasteiger partial charge in [-0.3, -0.25) is 10.1 Å². The van der Waals surface area contributed by atoms with Crippen LogP contribution in [0.5, 0.6) is 11.6 Å². The van der Waals surface area contributed by atoms with Crippen LogP contribution >= 0.6 is 34.8 Å². The summed E-state index contributed by atoms with van der Waals surface area (Å²) in [6, 6.07) is 12.4. The van der Waals surface area contributed by atoms with Crippen LogP contribution in [-0.4, -0.2) is 16.9 Å². The number of halogens is 3. The van der Waals surface area contributed by atoms with E-state index in [1.165, 1.54) is 18.3 Å². The zero-order valence-corrected chi connectivity index (χ0v) is 17.3. The smallest absolute Gasteiger partial charge is 0.326 e. The predicted octanol–water partition coefficient (Wildman–Crippen LogP) is 6.10. The molecule has 0 unspecified atom stereocenters. The Morgan fingerprint density at radius 1 is 0.966 bits per heavy atom. The molecule has 1 heterocycles. The lowest BCUT2D eigenvalue weighted by molar-refractivity contribution is 0.0967. The topological polar surface area (TPSA) is 80.3 Å². The van der Waals surface area contributed by atoms with Crippen molar-refractivity contribution in [1.29, 1.82) is 0 Å². The molecule has 148 valence electrons. The van der Waals surface area contributed by atoms with Gasteiger partial charge in [-0.05, 0) is 42.8 Å². The minimum absolute atomic E-state index is 0.0166. The van der Waals surface area contributed by atoms with Crippen LogP contribution in [0.4, 0.5) is 10.5 Å². The van der Waals surface area contributed by atoms with Crippen LogP contribution in [0.2, 0.25) is 15.1 Å². The summed E-state index contributed by atoms with van der Waals surface area (Å²) in [4.78, 5) is 28.4. The fraction of sp³-hybridized carbons (Fsp3) is 0.0500. The fourth-order valence-electron chi connectivity index (χ4n) is 2.36. The van der Waals surface area contributed by atoms with Crippen molar-refractivity contribution in [3.8, 4) is 11.6 Å². The second-order valence-electron chi connectivity index (χ2n) is 5.93. The molecular weight excluding hydrogens is 437 g/mol. The third-order valence-electron chi connectivity index (χ3n) is 3.71. The molecule has 3 aromatic rings. The number of urea groups is 1. The second kappa shape index (κ2) is 9.13. The Hall–Kier alpha value is -2.80. The van der Waals surface area contributed by atoms with E-state index < -0.39 is 11.9 Å². The number of pyridine rings is 1. The first kappa shape index (κ1) is 20.9. The van der Waals surface area contributed by atoms with Gasteiger partial charge in [-0.1, -0.05) is 46.9 Å². The van der Waals surface area contributed by atoms with Crippen molar-refractivity contribution < 1.29 is 14.3 Å². The number of carbonyl (C=O) groups is 2. The molecule has 0 spiro atoms. The molecule has 0 saturated heterocycles. The highest BCUT2D eigenvalue weighted by molar-refractivity contribution is 6.40. The largest absolute Gasteiger partial charge is 0.437 e. The minimum Gasteiger partial charge on any atom is -0.437 e. The molecule has 2 aromatic carbocycles. The summed E-state index contributed by atoms with van der Waals surface area (Å²) in [5.41, 5.74) is 1.36. The maximum absolute atomic E-state index is 12.2. The summed E-state index contributed by atoms with van der Waals surface area (Å²) in [5, 5.41) is 5.39. The molecule has 0 saturated carbocycles. The number of nitrogens with zero attached hydrogens (tertiary/aromatic N) is 1. The van der Waals surface area contributed by atoms with Crippen LogP contribution in [0.1, 0.15) is 15.9 Å². The molecule has 0 fully saturated rings. The van der Waals surface area contributed by atoms with Crippen LogP contribution in [0.15, 0.2) is 54.7 Å². The van der Waals surface area contributed by atoms with Gasteiger partial charge in [0.25, 0.3) is 5.91 Å². The van der Waals surface area contributed by atoms with E-state index >= 15 is 0 Å². The maximum atomic E-state index is 12.2. The van der Waals surface area contributed by atoms with Gasteiger partial charge in [0.05, 0.1) is 32.5 Å². The van der Waals surface area contributed by atoms with E-state index in [0.717, 1.165) is 5.56 Å². The first-order valence-corrected chi connectivity index (χ1v) is 9.43. The molecule has 3 amide bonds. The van der Waals surface area contributed by atoms with Gasteiger partial charge in [-0.2, -0.15) is 0 Å². The van der Waals surface area contributed by atoms with Gasteiger partial charge in [0.1, 0.15) is 5.75 Å². The number of nitrogens with one attached hydrogen (secondary N) is 2. The van der Waals surface area contributed by atoms with E-state index in [-0.39, 0.29) is 15.6 Å². The van der Waals surface area contributed by atoms with E-state index in [2.05, 4.69) is 15.6 Å². The number of anilines is 1. The Bertz CT molecular complexity index is 1050. The van der Waals surface area contributed by atoms with Gasteiger partial charge >= 0.3 is 6.03 Å². The minimum atomic E-state index is -0.761. The number of aromatic nitrogens is 1. The molecule has 0 aliphatic heterocycles. The van der Waals surface area contributed by atoms with E-state index in [1.807, 2.05) is 13.0 Å². The van der Waals surface area contributed by atoms with E-state index in [1.54, 1.807) is 30.3 Å². The van der Waals surface area contributed by atoms with Crippen molar-refractivity contribution in [2.45, 2.75) is 6.92 Å². The quantitative estimate of drug-likeness (QED) is 0.503. The highest BCUT2D eigenvalue weighted by Gasteiger charge is 2.17. The highest BCUT2D eigenvalue weighted by Crippen LogP contribution is 2.29. The monoisotopic (exact) mass is 449 g/mol. The lowest BCUT2D eigenvalue weighted by Gasteiger charge is -2.10. The second-order valence-corrected chi connectivity index (χ2v) is 7.15. The van der Waals surface area contributed by atoms with Gasteiger partial charge in [-0.25, -0.2) is 9.78 Å². The molecule has 0 aliphatic rings. The van der Waals surface area contributed by atoms with Crippen molar-refractivity contribution >= 4 is 52.4 Å². The van der Waals surface area contributed by atoms with Crippen LogP contribution in [0.25, 0.3) is 0 Å².